The summed E-state index contributed by atoms with van der Waals surface area (Å²) in [4.78, 5) is 39.3. The monoisotopic (exact) mass is 591 g/mol. The Balaban J connectivity index is 1.60. The van der Waals surface area contributed by atoms with Crippen LogP contribution in [0.1, 0.15) is 32.6 Å². The summed E-state index contributed by atoms with van der Waals surface area (Å²) in [6.45, 7) is -0.189. The SMILES string of the molecule is O=C(C=Cc1ccc([N+](=O)[O-])cc1)N1CCN(C(=O)c2cc(C(F)(F)F)cc(C(F)(F)F)c2)[C@H](Cc2ccccc2)C1. The number of carbonyl (C=O) groups is 2. The van der Waals surface area contributed by atoms with Gasteiger partial charge in [-0.3, -0.25) is 19.7 Å². The lowest BCUT2D eigenvalue weighted by molar-refractivity contribution is -0.384. The molecule has 1 aliphatic rings. The van der Waals surface area contributed by atoms with Gasteiger partial charge in [0.1, 0.15) is 0 Å². The van der Waals surface area contributed by atoms with Crippen molar-refractivity contribution in [2.45, 2.75) is 24.8 Å². The number of non-ortho nitro benzene ring substituents is 1. The number of rotatable bonds is 6. The normalized spacial score (nSPS) is 16.1. The summed E-state index contributed by atoms with van der Waals surface area (Å²) in [5.74, 6) is -1.46. The molecule has 220 valence electrons. The number of amides is 2. The number of nitrogens with zero attached hydrogens (tertiary/aromatic N) is 3. The van der Waals surface area contributed by atoms with Crippen molar-refractivity contribution >= 4 is 23.6 Å². The lowest BCUT2D eigenvalue weighted by Crippen LogP contribution is -2.57. The van der Waals surface area contributed by atoms with Gasteiger partial charge in [-0.25, -0.2) is 0 Å². The molecule has 42 heavy (non-hydrogen) atoms. The van der Waals surface area contributed by atoms with E-state index in [2.05, 4.69) is 0 Å². The highest BCUT2D eigenvalue weighted by Gasteiger charge is 2.39. The van der Waals surface area contributed by atoms with Crippen LogP contribution < -0.4 is 0 Å². The highest BCUT2D eigenvalue weighted by atomic mass is 19.4. The zero-order chi connectivity index (χ0) is 30.7. The Hall–Kier alpha value is -4.68. The standard InChI is InChI=1S/C29H23F6N3O4/c30-28(31,32)22-15-21(16-23(17-22)29(33,34)35)27(40)37-13-12-36(18-25(37)14-20-4-2-1-3-5-20)26(39)11-8-19-6-9-24(10-7-19)38(41)42/h1-11,15-17,25H,12-14,18H2/t25-/m1/s1. The van der Waals surface area contributed by atoms with Crippen molar-refractivity contribution in [2.75, 3.05) is 19.6 Å². The first-order valence-electron chi connectivity index (χ1n) is 12.6. The third kappa shape index (κ3) is 7.33. The molecular weight excluding hydrogens is 568 g/mol. The van der Waals surface area contributed by atoms with Crippen molar-refractivity contribution in [3.05, 3.63) is 117 Å². The molecule has 0 N–H and O–H groups in total. The first-order chi connectivity index (χ1) is 19.7. The molecule has 4 rings (SSSR count). The third-order valence-electron chi connectivity index (χ3n) is 6.73. The van der Waals surface area contributed by atoms with E-state index in [-0.39, 0.29) is 37.8 Å². The Bertz CT molecular complexity index is 1460. The fraction of sp³-hybridized carbons (Fsp3) is 0.241. The number of nitro groups is 1. The minimum atomic E-state index is -5.11. The quantitative estimate of drug-likeness (QED) is 0.147. The molecule has 2 amide bonds. The molecule has 0 bridgehead atoms. The maximum atomic E-state index is 13.4. The Morgan fingerprint density at radius 1 is 0.881 bits per heavy atom. The van der Waals surface area contributed by atoms with E-state index in [1.807, 2.05) is 0 Å². The topological polar surface area (TPSA) is 83.8 Å². The van der Waals surface area contributed by atoms with Crippen LogP contribution in [-0.2, 0) is 23.6 Å². The van der Waals surface area contributed by atoms with E-state index < -0.39 is 51.8 Å². The average Bonchev–Trinajstić information content (AvgIpc) is 2.95. The lowest BCUT2D eigenvalue weighted by atomic mass is 9.99. The van der Waals surface area contributed by atoms with Gasteiger partial charge in [0.05, 0.1) is 22.1 Å². The van der Waals surface area contributed by atoms with E-state index in [0.29, 0.717) is 17.7 Å². The Kier molecular flexibility index (Phi) is 8.69. The number of piperazine rings is 1. The predicted molar refractivity (Wildman–Crippen MR) is 140 cm³/mol. The van der Waals surface area contributed by atoms with Crippen LogP contribution >= 0.6 is 0 Å². The summed E-state index contributed by atoms with van der Waals surface area (Å²) >= 11 is 0. The zero-order valence-corrected chi connectivity index (χ0v) is 21.7. The number of benzene rings is 3. The Morgan fingerprint density at radius 2 is 1.48 bits per heavy atom. The highest BCUT2D eigenvalue weighted by molar-refractivity contribution is 5.96. The summed E-state index contributed by atoms with van der Waals surface area (Å²) < 4.78 is 80.5. The molecule has 3 aromatic rings. The summed E-state index contributed by atoms with van der Waals surface area (Å²) in [5.41, 5.74) is -2.79. The van der Waals surface area contributed by atoms with Gasteiger partial charge in [-0.15, -0.1) is 0 Å². The highest BCUT2D eigenvalue weighted by Crippen LogP contribution is 2.37. The van der Waals surface area contributed by atoms with Gasteiger partial charge in [-0.1, -0.05) is 30.3 Å². The number of hydrogen-bond donors (Lipinski definition) is 0. The molecular formula is C29H23F6N3O4. The van der Waals surface area contributed by atoms with E-state index in [1.54, 1.807) is 30.3 Å². The molecule has 7 nitrogen and oxygen atoms in total. The summed E-state index contributed by atoms with van der Waals surface area (Å²) in [7, 11) is 0. The molecule has 0 radical (unpaired) electrons. The van der Waals surface area contributed by atoms with Crippen molar-refractivity contribution in [3.63, 3.8) is 0 Å². The molecule has 0 aromatic heterocycles. The number of halogens is 6. The third-order valence-corrected chi connectivity index (χ3v) is 6.73. The van der Waals surface area contributed by atoms with Crippen LogP contribution in [0, 0.1) is 10.1 Å². The van der Waals surface area contributed by atoms with Gasteiger partial charge in [-0.05, 0) is 54.0 Å². The second-order valence-corrected chi connectivity index (χ2v) is 9.60. The Morgan fingerprint density at radius 3 is 2.02 bits per heavy atom. The largest absolute Gasteiger partial charge is 0.416 e. The summed E-state index contributed by atoms with van der Waals surface area (Å²) in [6.07, 6.45) is -7.33. The van der Waals surface area contributed by atoms with Gasteiger partial charge >= 0.3 is 12.4 Å². The van der Waals surface area contributed by atoms with Crippen LogP contribution in [0.5, 0.6) is 0 Å². The van der Waals surface area contributed by atoms with Gasteiger partial charge in [-0.2, -0.15) is 26.3 Å². The second kappa shape index (κ2) is 12.0. The van der Waals surface area contributed by atoms with E-state index >= 15 is 0 Å². The van der Waals surface area contributed by atoms with Crippen LogP contribution in [0.15, 0.2) is 78.9 Å². The maximum absolute atomic E-state index is 13.4. The smallest absolute Gasteiger partial charge is 0.335 e. The Labute approximate surface area is 235 Å². The van der Waals surface area contributed by atoms with Crippen molar-refractivity contribution < 1.29 is 40.9 Å². The van der Waals surface area contributed by atoms with Gasteiger partial charge in [0.2, 0.25) is 5.91 Å². The van der Waals surface area contributed by atoms with Gasteiger partial charge in [0.15, 0.2) is 0 Å². The van der Waals surface area contributed by atoms with Crippen LogP contribution in [0.2, 0.25) is 0 Å². The molecule has 0 saturated carbocycles. The number of alkyl halides is 6. The van der Waals surface area contributed by atoms with Crippen molar-refractivity contribution in [1.82, 2.24) is 9.80 Å². The fourth-order valence-electron chi connectivity index (χ4n) is 4.61. The molecule has 1 fully saturated rings. The second-order valence-electron chi connectivity index (χ2n) is 9.60. The number of hydrogen-bond acceptors (Lipinski definition) is 4. The van der Waals surface area contributed by atoms with E-state index in [4.69, 9.17) is 0 Å². The van der Waals surface area contributed by atoms with Gasteiger partial charge < -0.3 is 9.80 Å². The minimum absolute atomic E-state index is 0.0223. The maximum Gasteiger partial charge on any atom is 0.416 e. The molecule has 1 atom stereocenters. The van der Waals surface area contributed by atoms with E-state index in [9.17, 15) is 46.0 Å². The molecule has 0 spiro atoms. The molecule has 1 saturated heterocycles. The summed E-state index contributed by atoms with van der Waals surface area (Å²) in [6, 6.07) is 14.2. The van der Waals surface area contributed by atoms with Crippen molar-refractivity contribution in [3.8, 4) is 0 Å². The number of nitro benzene ring substituents is 1. The zero-order valence-electron chi connectivity index (χ0n) is 21.7. The first-order valence-corrected chi connectivity index (χ1v) is 12.6. The number of carbonyl (C=O) groups excluding carboxylic acids is 2. The molecule has 3 aromatic carbocycles. The van der Waals surface area contributed by atoms with Crippen molar-refractivity contribution in [2.24, 2.45) is 0 Å². The minimum Gasteiger partial charge on any atom is -0.335 e. The first kappa shape index (κ1) is 30.3. The van der Waals surface area contributed by atoms with Crippen LogP contribution in [-0.4, -0.2) is 52.2 Å². The molecule has 0 unspecified atom stereocenters. The molecule has 1 heterocycles. The summed E-state index contributed by atoms with van der Waals surface area (Å²) in [5, 5.41) is 10.8. The van der Waals surface area contributed by atoms with Gasteiger partial charge in [0.25, 0.3) is 11.6 Å². The molecule has 0 aliphatic carbocycles. The van der Waals surface area contributed by atoms with Crippen LogP contribution in [0.3, 0.4) is 0 Å². The van der Waals surface area contributed by atoms with Crippen molar-refractivity contribution in [1.29, 1.82) is 0 Å². The molecule has 13 heteroatoms. The van der Waals surface area contributed by atoms with Crippen LogP contribution in [0.25, 0.3) is 6.08 Å². The van der Waals surface area contributed by atoms with Crippen LogP contribution in [0.4, 0.5) is 32.0 Å². The lowest BCUT2D eigenvalue weighted by Gasteiger charge is -2.41. The average molecular weight is 592 g/mol. The van der Waals surface area contributed by atoms with E-state index in [1.165, 1.54) is 46.2 Å². The predicted octanol–water partition coefficient (Wildman–Crippen LogP) is 6.24. The fourth-order valence-corrected chi connectivity index (χ4v) is 4.61. The van der Waals surface area contributed by atoms with E-state index in [0.717, 1.165) is 5.56 Å². The van der Waals surface area contributed by atoms with Gasteiger partial charge in [0, 0.05) is 43.4 Å². The molecule has 1 aliphatic heterocycles.